The first-order valence-corrected chi connectivity index (χ1v) is 8.26. The molecule has 3 aromatic rings. The molecule has 25 heavy (non-hydrogen) atoms. The van der Waals surface area contributed by atoms with Crippen molar-refractivity contribution in [2.45, 2.75) is 13.8 Å². The van der Waals surface area contributed by atoms with E-state index in [1.165, 1.54) is 0 Å². The minimum atomic E-state index is -0.446. The molecule has 1 N–H and O–H groups in total. The first kappa shape index (κ1) is 15.4. The number of ether oxygens (including phenoxy) is 1. The van der Waals surface area contributed by atoms with Gasteiger partial charge in [0.05, 0.1) is 17.9 Å². The molecule has 0 unspecified atom stereocenters. The van der Waals surface area contributed by atoms with Crippen LogP contribution in [-0.2, 0) is 4.74 Å². The summed E-state index contributed by atoms with van der Waals surface area (Å²) >= 11 is 0. The van der Waals surface area contributed by atoms with Crippen LogP contribution in [0.25, 0.3) is 22.4 Å². The van der Waals surface area contributed by atoms with Gasteiger partial charge in [-0.25, -0.2) is 4.79 Å². The lowest BCUT2D eigenvalue weighted by Crippen LogP contribution is -2.08. The van der Waals surface area contributed by atoms with Crippen LogP contribution in [-0.4, -0.2) is 23.3 Å². The van der Waals surface area contributed by atoms with Crippen molar-refractivity contribution in [3.63, 3.8) is 0 Å². The van der Waals surface area contributed by atoms with Crippen LogP contribution in [0.2, 0.25) is 0 Å². The van der Waals surface area contributed by atoms with E-state index in [0.717, 1.165) is 16.7 Å². The highest BCUT2D eigenvalue weighted by Gasteiger charge is 2.35. The minimum Gasteiger partial charge on any atom is -0.461 e. The standard InChI is InChI=1S/C21H17NO3/c1-3-25-21(24)19-16(13-8-6-7-12(2)11-13)17-18(22-19)14-9-4-5-10-15(14)20(17)23/h4-11,22H,3H2,1-2H3. The molecule has 0 fully saturated rings. The summed E-state index contributed by atoms with van der Waals surface area (Å²) in [5, 5.41) is 0. The quantitative estimate of drug-likeness (QED) is 0.567. The first-order valence-electron chi connectivity index (χ1n) is 8.26. The van der Waals surface area contributed by atoms with Gasteiger partial charge in [-0.05, 0) is 19.4 Å². The average molecular weight is 331 g/mol. The number of esters is 1. The third kappa shape index (κ3) is 2.30. The lowest BCUT2D eigenvalue weighted by molar-refractivity contribution is 0.0521. The third-order valence-electron chi connectivity index (χ3n) is 4.45. The molecule has 1 aromatic heterocycles. The Hall–Kier alpha value is -3.14. The molecule has 0 radical (unpaired) electrons. The summed E-state index contributed by atoms with van der Waals surface area (Å²) in [7, 11) is 0. The fourth-order valence-corrected chi connectivity index (χ4v) is 3.41. The molecule has 4 nitrogen and oxygen atoms in total. The van der Waals surface area contributed by atoms with Crippen LogP contribution in [0.5, 0.6) is 0 Å². The summed E-state index contributed by atoms with van der Waals surface area (Å²) in [4.78, 5) is 28.6. The topological polar surface area (TPSA) is 59.2 Å². The van der Waals surface area contributed by atoms with E-state index in [0.29, 0.717) is 28.1 Å². The Morgan fingerprint density at radius 3 is 2.52 bits per heavy atom. The van der Waals surface area contributed by atoms with Crippen molar-refractivity contribution in [2.75, 3.05) is 6.61 Å². The predicted octanol–water partition coefficient (Wildman–Crippen LogP) is 4.38. The van der Waals surface area contributed by atoms with Crippen molar-refractivity contribution in [1.29, 1.82) is 0 Å². The highest BCUT2D eigenvalue weighted by molar-refractivity contribution is 6.26. The molecule has 0 spiro atoms. The van der Waals surface area contributed by atoms with Gasteiger partial charge >= 0.3 is 5.97 Å². The molecule has 4 heteroatoms. The molecule has 1 aliphatic rings. The van der Waals surface area contributed by atoms with E-state index in [1.54, 1.807) is 6.92 Å². The molecule has 0 saturated carbocycles. The molecule has 0 amide bonds. The molecular formula is C21H17NO3. The van der Waals surface area contributed by atoms with Gasteiger partial charge in [-0.1, -0.05) is 54.1 Å². The van der Waals surface area contributed by atoms with Gasteiger partial charge in [-0.2, -0.15) is 0 Å². The molecule has 0 saturated heterocycles. The zero-order valence-corrected chi connectivity index (χ0v) is 14.1. The summed E-state index contributed by atoms with van der Waals surface area (Å²) in [6.07, 6.45) is 0. The summed E-state index contributed by atoms with van der Waals surface area (Å²) in [6, 6.07) is 15.2. The Kier molecular flexibility index (Phi) is 3.53. The number of fused-ring (bicyclic) bond motifs is 3. The van der Waals surface area contributed by atoms with Crippen molar-refractivity contribution >= 4 is 11.8 Å². The van der Waals surface area contributed by atoms with E-state index < -0.39 is 5.97 Å². The lowest BCUT2D eigenvalue weighted by atomic mass is 9.97. The van der Waals surface area contributed by atoms with Gasteiger partial charge in [0, 0.05) is 16.7 Å². The van der Waals surface area contributed by atoms with Gasteiger partial charge in [0.15, 0.2) is 5.78 Å². The second-order valence-corrected chi connectivity index (χ2v) is 6.09. The van der Waals surface area contributed by atoms with E-state index in [-0.39, 0.29) is 12.4 Å². The number of benzene rings is 2. The minimum absolute atomic E-state index is 0.0612. The maximum atomic E-state index is 13.0. The first-order chi connectivity index (χ1) is 12.1. The molecule has 0 aliphatic heterocycles. The highest BCUT2D eigenvalue weighted by Crippen LogP contribution is 2.43. The Bertz CT molecular complexity index is 1010. The van der Waals surface area contributed by atoms with Crippen molar-refractivity contribution in [1.82, 2.24) is 4.98 Å². The van der Waals surface area contributed by atoms with Crippen molar-refractivity contribution in [2.24, 2.45) is 0 Å². The maximum Gasteiger partial charge on any atom is 0.355 e. The predicted molar refractivity (Wildman–Crippen MR) is 95.8 cm³/mol. The Morgan fingerprint density at radius 2 is 1.80 bits per heavy atom. The second kappa shape index (κ2) is 5.74. The molecule has 2 aromatic carbocycles. The van der Waals surface area contributed by atoms with Crippen LogP contribution in [0.3, 0.4) is 0 Å². The number of nitrogens with one attached hydrogen (secondary N) is 1. The van der Waals surface area contributed by atoms with Gasteiger partial charge in [0.1, 0.15) is 5.69 Å². The maximum absolute atomic E-state index is 13.0. The number of rotatable bonds is 3. The smallest absolute Gasteiger partial charge is 0.355 e. The van der Waals surface area contributed by atoms with Gasteiger partial charge in [-0.15, -0.1) is 0 Å². The van der Waals surface area contributed by atoms with E-state index in [4.69, 9.17) is 4.74 Å². The third-order valence-corrected chi connectivity index (χ3v) is 4.45. The van der Waals surface area contributed by atoms with Crippen molar-refractivity contribution in [3.8, 4) is 22.4 Å². The number of carbonyl (C=O) groups excluding carboxylic acids is 2. The van der Waals surface area contributed by atoms with Gasteiger partial charge < -0.3 is 9.72 Å². The van der Waals surface area contributed by atoms with Crippen molar-refractivity contribution < 1.29 is 14.3 Å². The number of ketones is 1. The average Bonchev–Trinajstić information content (AvgIpc) is 3.12. The molecule has 0 bridgehead atoms. The number of aryl methyl sites for hydroxylation is 1. The summed E-state index contributed by atoms with van der Waals surface area (Å²) < 4.78 is 5.20. The summed E-state index contributed by atoms with van der Waals surface area (Å²) in [6.45, 7) is 4.03. The van der Waals surface area contributed by atoms with Gasteiger partial charge in [-0.3, -0.25) is 4.79 Å². The van der Waals surface area contributed by atoms with E-state index in [1.807, 2.05) is 55.5 Å². The fourth-order valence-electron chi connectivity index (χ4n) is 3.41. The molecule has 0 atom stereocenters. The normalized spacial score (nSPS) is 12.0. The molecular weight excluding hydrogens is 314 g/mol. The van der Waals surface area contributed by atoms with Crippen LogP contribution in [0.15, 0.2) is 48.5 Å². The van der Waals surface area contributed by atoms with Crippen molar-refractivity contribution in [3.05, 3.63) is 70.9 Å². The Balaban J connectivity index is 2.01. The second-order valence-electron chi connectivity index (χ2n) is 6.09. The summed E-state index contributed by atoms with van der Waals surface area (Å²) in [5.74, 6) is -0.507. The number of hydrogen-bond acceptors (Lipinski definition) is 3. The van der Waals surface area contributed by atoms with E-state index in [9.17, 15) is 9.59 Å². The molecule has 1 aliphatic carbocycles. The number of H-pyrrole nitrogens is 1. The van der Waals surface area contributed by atoms with E-state index in [2.05, 4.69) is 4.98 Å². The number of hydrogen-bond donors (Lipinski definition) is 1. The van der Waals surface area contributed by atoms with Crippen LogP contribution in [0, 0.1) is 6.92 Å². The number of carbonyl (C=O) groups is 2. The lowest BCUT2D eigenvalue weighted by Gasteiger charge is -2.07. The Morgan fingerprint density at radius 1 is 1.04 bits per heavy atom. The molecule has 124 valence electrons. The zero-order valence-electron chi connectivity index (χ0n) is 14.1. The fraction of sp³-hybridized carbons (Fsp3) is 0.143. The van der Waals surface area contributed by atoms with Crippen LogP contribution >= 0.6 is 0 Å². The summed E-state index contributed by atoms with van der Waals surface area (Å²) in [5.41, 5.74) is 5.58. The largest absolute Gasteiger partial charge is 0.461 e. The number of aromatic amines is 1. The number of aromatic nitrogens is 1. The SMILES string of the molecule is CCOC(=O)c1[nH]c2c(c1-c1cccc(C)c1)C(=O)c1ccccc1-2. The zero-order chi connectivity index (χ0) is 17.6. The molecule has 1 heterocycles. The Labute approximate surface area is 145 Å². The van der Waals surface area contributed by atoms with Crippen LogP contribution in [0.4, 0.5) is 0 Å². The van der Waals surface area contributed by atoms with E-state index >= 15 is 0 Å². The van der Waals surface area contributed by atoms with Gasteiger partial charge in [0.25, 0.3) is 0 Å². The van der Waals surface area contributed by atoms with Crippen LogP contribution in [0.1, 0.15) is 38.9 Å². The van der Waals surface area contributed by atoms with Gasteiger partial charge in [0.2, 0.25) is 0 Å². The highest BCUT2D eigenvalue weighted by atomic mass is 16.5. The van der Waals surface area contributed by atoms with Crippen LogP contribution < -0.4 is 0 Å². The molecule has 4 rings (SSSR count). The monoisotopic (exact) mass is 331 g/mol.